The van der Waals surface area contributed by atoms with E-state index in [2.05, 4.69) is 56.0 Å². The van der Waals surface area contributed by atoms with Gasteiger partial charge in [-0.15, -0.1) is 0 Å². The molecule has 2 nitrogen and oxygen atoms in total. The van der Waals surface area contributed by atoms with E-state index in [0.717, 1.165) is 5.57 Å². The quantitative estimate of drug-likeness (QED) is 0.249. The van der Waals surface area contributed by atoms with E-state index < -0.39 is 0 Å². The average Bonchev–Trinajstić information content (AvgIpc) is 2.10. The van der Waals surface area contributed by atoms with Crippen LogP contribution in [0, 0.1) is 5.41 Å². The minimum absolute atomic E-state index is 0.0220. The van der Waals surface area contributed by atoms with Crippen LogP contribution in [0.4, 0.5) is 0 Å². The topological polar surface area (TPSA) is 21.6 Å². The molecule has 0 amide bonds. The number of nitrogens with zero attached hydrogens (tertiary/aromatic N) is 1. The Balaban J connectivity index is 4.87. The molecule has 0 unspecified atom stereocenters. The van der Waals surface area contributed by atoms with Crippen molar-refractivity contribution in [3.05, 3.63) is 37.1 Å². The lowest BCUT2D eigenvalue weighted by Gasteiger charge is -2.18. The first-order valence-corrected chi connectivity index (χ1v) is 4.67. The van der Waals surface area contributed by atoms with Crippen molar-refractivity contribution in [2.24, 2.45) is 10.4 Å². The van der Waals surface area contributed by atoms with Crippen LogP contribution >= 0.6 is 12.9 Å². The second-order valence-electron chi connectivity index (χ2n) is 3.80. The highest BCUT2D eigenvalue weighted by Crippen LogP contribution is 2.25. The third-order valence-corrected chi connectivity index (χ3v) is 1.87. The van der Waals surface area contributed by atoms with Gasteiger partial charge in [0.2, 0.25) is 5.90 Å². The molecule has 0 heterocycles. The van der Waals surface area contributed by atoms with Gasteiger partial charge < -0.3 is 4.18 Å². The predicted octanol–water partition coefficient (Wildman–Crippen LogP) is 3.55. The molecule has 0 atom stereocenters. The highest BCUT2D eigenvalue weighted by molar-refractivity contribution is 7.75. The monoisotopic (exact) mass is 211 g/mol. The van der Waals surface area contributed by atoms with E-state index in [-0.39, 0.29) is 5.41 Å². The molecule has 0 aliphatic heterocycles. The lowest BCUT2D eigenvalue weighted by Crippen LogP contribution is -2.07. The van der Waals surface area contributed by atoms with Crippen LogP contribution in [0.25, 0.3) is 0 Å². The summed E-state index contributed by atoms with van der Waals surface area (Å²) in [6, 6.07) is 0. The summed E-state index contributed by atoms with van der Waals surface area (Å²) in [5, 5.41) is 0. The van der Waals surface area contributed by atoms with Crippen LogP contribution in [0.1, 0.15) is 20.8 Å². The lowest BCUT2D eigenvalue weighted by atomic mass is 9.87. The average molecular weight is 211 g/mol. The molecule has 0 aliphatic carbocycles. The molecular weight excluding hydrogens is 194 g/mol. The van der Waals surface area contributed by atoms with E-state index in [1.54, 1.807) is 12.3 Å². The van der Waals surface area contributed by atoms with Crippen LogP contribution in [-0.4, -0.2) is 5.90 Å². The van der Waals surface area contributed by atoms with Crippen LogP contribution < -0.4 is 0 Å². The zero-order chi connectivity index (χ0) is 11.2. The number of hydrogen-bond donors (Lipinski definition) is 1. The van der Waals surface area contributed by atoms with Crippen LogP contribution in [0.2, 0.25) is 0 Å². The van der Waals surface area contributed by atoms with Crippen molar-refractivity contribution in [2.45, 2.75) is 20.8 Å². The first kappa shape index (κ1) is 13.0. The van der Waals surface area contributed by atoms with Crippen molar-refractivity contribution >= 4 is 18.8 Å². The zero-order valence-corrected chi connectivity index (χ0v) is 9.84. The number of rotatable bonds is 3. The van der Waals surface area contributed by atoms with Gasteiger partial charge in [0.25, 0.3) is 0 Å². The van der Waals surface area contributed by atoms with Gasteiger partial charge in [0.15, 0.2) is 0 Å². The van der Waals surface area contributed by atoms with Crippen molar-refractivity contribution in [3.8, 4) is 0 Å². The summed E-state index contributed by atoms with van der Waals surface area (Å²) < 4.78 is 4.65. The summed E-state index contributed by atoms with van der Waals surface area (Å²) in [6.45, 7) is 13.5. The summed E-state index contributed by atoms with van der Waals surface area (Å²) >= 11 is 3.64. The molecule has 0 aromatic rings. The third kappa shape index (κ3) is 4.33. The number of hydrogen-bond acceptors (Lipinski definition) is 3. The van der Waals surface area contributed by atoms with Crippen molar-refractivity contribution in [1.29, 1.82) is 0 Å². The van der Waals surface area contributed by atoms with E-state index in [9.17, 15) is 0 Å². The van der Waals surface area contributed by atoms with Crippen LogP contribution in [0.5, 0.6) is 0 Å². The zero-order valence-electron chi connectivity index (χ0n) is 8.95. The highest BCUT2D eigenvalue weighted by atomic mass is 32.1. The third-order valence-electron chi connectivity index (χ3n) is 1.68. The lowest BCUT2D eigenvalue weighted by molar-refractivity contribution is 0.516. The van der Waals surface area contributed by atoms with E-state index in [1.165, 1.54) is 6.08 Å². The van der Waals surface area contributed by atoms with Crippen molar-refractivity contribution in [3.63, 3.8) is 0 Å². The number of aliphatic imine (C=N–C) groups is 1. The van der Waals surface area contributed by atoms with E-state index in [4.69, 9.17) is 0 Å². The van der Waals surface area contributed by atoms with E-state index >= 15 is 0 Å². The fourth-order valence-corrected chi connectivity index (χ4v) is 0.921. The van der Waals surface area contributed by atoms with Gasteiger partial charge in [0.05, 0.1) is 0 Å². The molecule has 0 fully saturated rings. The van der Waals surface area contributed by atoms with Crippen molar-refractivity contribution in [2.75, 3.05) is 0 Å². The first-order chi connectivity index (χ1) is 6.45. The minimum Gasteiger partial charge on any atom is -0.409 e. The summed E-state index contributed by atoms with van der Waals surface area (Å²) in [5.41, 5.74) is 1.05. The molecule has 0 spiro atoms. The fraction of sp³-hybridized carbons (Fsp3) is 0.364. The maximum absolute atomic E-state index is 4.65. The van der Waals surface area contributed by atoms with Crippen LogP contribution in [0.3, 0.4) is 0 Å². The molecule has 14 heavy (non-hydrogen) atoms. The van der Waals surface area contributed by atoms with Crippen molar-refractivity contribution < 1.29 is 4.18 Å². The number of thiol groups is 1. The molecule has 0 rings (SSSR count). The molecule has 0 bridgehead atoms. The summed E-state index contributed by atoms with van der Waals surface area (Å²) in [5.74, 6) is 0.372. The number of allylic oxidation sites excluding steroid dienone is 2. The smallest absolute Gasteiger partial charge is 0.226 e. The molecule has 0 N–H and O–H groups in total. The minimum atomic E-state index is 0.0220. The van der Waals surface area contributed by atoms with Gasteiger partial charge in [-0.2, -0.15) is 0 Å². The van der Waals surface area contributed by atoms with Gasteiger partial charge in [-0.1, -0.05) is 40.0 Å². The van der Waals surface area contributed by atoms with Gasteiger partial charge in [0, 0.05) is 19.1 Å². The van der Waals surface area contributed by atoms with Crippen LogP contribution in [0.15, 0.2) is 42.1 Å². The maximum atomic E-state index is 4.65. The molecule has 0 aliphatic rings. The molecule has 0 radical (unpaired) electrons. The van der Waals surface area contributed by atoms with Gasteiger partial charge in [0.1, 0.15) is 0 Å². The highest BCUT2D eigenvalue weighted by Gasteiger charge is 2.13. The Morgan fingerprint density at radius 3 is 2.14 bits per heavy atom. The molecule has 0 saturated heterocycles. The SMILES string of the molecule is C=C/C(=C\N=C(/C=C)OS)C(C)(C)C. The van der Waals surface area contributed by atoms with E-state index in [1.807, 2.05) is 0 Å². The molecular formula is C11H17NOS. The first-order valence-electron chi connectivity index (χ1n) is 4.30. The van der Waals surface area contributed by atoms with Gasteiger partial charge in [-0.3, -0.25) is 0 Å². The Morgan fingerprint density at radius 2 is 1.86 bits per heavy atom. The Bertz CT molecular complexity index is 272. The normalized spacial score (nSPS) is 13.7. The maximum Gasteiger partial charge on any atom is 0.226 e. The largest absolute Gasteiger partial charge is 0.409 e. The Morgan fingerprint density at radius 1 is 1.29 bits per heavy atom. The second-order valence-corrected chi connectivity index (χ2v) is 3.98. The fourth-order valence-electron chi connectivity index (χ4n) is 0.799. The van der Waals surface area contributed by atoms with Crippen molar-refractivity contribution in [1.82, 2.24) is 0 Å². The van der Waals surface area contributed by atoms with Gasteiger partial charge in [-0.05, 0) is 17.1 Å². The molecule has 78 valence electrons. The Hall–Kier alpha value is -0.960. The standard InChI is InChI=1S/C11H17NOS/c1-6-9(11(3,4)5)8-12-10(7-2)13-14/h6-8,14H,1-2H2,3-5H3/b9-8+,12-10+. The Labute approximate surface area is 91.7 Å². The molecule has 3 heteroatoms. The second kappa shape index (κ2) is 5.70. The Kier molecular flexibility index (Phi) is 5.31. The van der Waals surface area contributed by atoms with Gasteiger partial charge in [-0.25, -0.2) is 4.99 Å². The summed E-state index contributed by atoms with van der Waals surface area (Å²) in [6.07, 6.45) is 4.98. The molecule has 0 aromatic carbocycles. The molecule has 0 saturated carbocycles. The molecule has 0 aromatic heterocycles. The van der Waals surface area contributed by atoms with Crippen LogP contribution in [-0.2, 0) is 4.18 Å². The summed E-state index contributed by atoms with van der Waals surface area (Å²) in [4.78, 5) is 4.07. The predicted molar refractivity (Wildman–Crippen MR) is 65.4 cm³/mol. The summed E-state index contributed by atoms with van der Waals surface area (Å²) in [7, 11) is 0. The van der Waals surface area contributed by atoms with Gasteiger partial charge >= 0.3 is 0 Å². The van der Waals surface area contributed by atoms with E-state index in [0.29, 0.717) is 5.90 Å².